The number of carbonyl (C=O) groups excluding carboxylic acids is 2. The standard InChI is InChI=1S/C30H42N2O7/c1-21(33)36-18-22-8-10-24(11-9-22)38-25-6-5-7-26-27(25)28(31-39-26)37-19-23-12-16-32(17-13-23)20-30(29(34)35-2)14-3-4-15-30/h5-7,22-24H,3-4,8-20H2,1-2H3/t22-,24+. The molecule has 2 heterocycles. The van der Waals surface area contributed by atoms with Gasteiger partial charge in [0.15, 0.2) is 5.58 Å². The lowest BCUT2D eigenvalue weighted by molar-refractivity contribution is -0.154. The van der Waals surface area contributed by atoms with Crippen LogP contribution in [-0.4, -0.2) is 68.1 Å². The SMILES string of the molecule is COC(=O)C1(CN2CCC(COc3noc4cccc(O[C@H]5CC[C@@H](COC(C)=O)CC5)c34)CC2)CCCC1. The number of rotatable bonds is 10. The topological polar surface area (TPSA) is 100 Å². The fourth-order valence-electron chi connectivity index (χ4n) is 6.59. The molecule has 1 aliphatic heterocycles. The fourth-order valence-corrected chi connectivity index (χ4v) is 6.59. The molecule has 2 saturated carbocycles. The Hall–Kier alpha value is -2.81. The van der Waals surface area contributed by atoms with E-state index in [2.05, 4.69) is 10.1 Å². The van der Waals surface area contributed by atoms with E-state index in [1.165, 1.54) is 14.0 Å². The zero-order valence-corrected chi connectivity index (χ0v) is 23.3. The number of aromatic nitrogens is 1. The Kier molecular flexibility index (Phi) is 8.95. The monoisotopic (exact) mass is 542 g/mol. The molecular formula is C30H42N2O7. The molecule has 0 radical (unpaired) electrons. The van der Waals surface area contributed by atoms with Crippen molar-refractivity contribution in [1.82, 2.24) is 10.1 Å². The highest BCUT2D eigenvalue weighted by atomic mass is 16.5. The average molecular weight is 543 g/mol. The lowest BCUT2D eigenvalue weighted by atomic mass is 9.84. The summed E-state index contributed by atoms with van der Waals surface area (Å²) >= 11 is 0. The Morgan fingerprint density at radius 2 is 1.74 bits per heavy atom. The number of esters is 2. The van der Waals surface area contributed by atoms with Crippen LogP contribution in [0, 0.1) is 17.3 Å². The summed E-state index contributed by atoms with van der Waals surface area (Å²) in [6.45, 7) is 5.24. The third-order valence-corrected chi connectivity index (χ3v) is 8.91. The van der Waals surface area contributed by atoms with Crippen molar-refractivity contribution in [1.29, 1.82) is 0 Å². The van der Waals surface area contributed by atoms with E-state index >= 15 is 0 Å². The lowest BCUT2D eigenvalue weighted by Gasteiger charge is -2.37. The number of fused-ring (bicyclic) bond motifs is 1. The Labute approximate surface area is 230 Å². The molecule has 39 heavy (non-hydrogen) atoms. The van der Waals surface area contributed by atoms with Crippen molar-refractivity contribution in [2.45, 2.75) is 77.2 Å². The summed E-state index contributed by atoms with van der Waals surface area (Å²) < 4.78 is 28.6. The number of piperidine rings is 1. The summed E-state index contributed by atoms with van der Waals surface area (Å²) in [5.74, 6) is 1.78. The molecule has 2 aromatic rings. The lowest BCUT2D eigenvalue weighted by Crippen LogP contribution is -2.45. The Bertz CT molecular complexity index is 1110. The van der Waals surface area contributed by atoms with Crippen molar-refractivity contribution in [3.8, 4) is 11.6 Å². The second-order valence-electron chi connectivity index (χ2n) is 11.7. The first-order valence-electron chi connectivity index (χ1n) is 14.6. The number of methoxy groups -OCH3 is 1. The van der Waals surface area contributed by atoms with Crippen LogP contribution >= 0.6 is 0 Å². The highest BCUT2D eigenvalue weighted by molar-refractivity contribution is 5.88. The summed E-state index contributed by atoms with van der Waals surface area (Å²) in [6.07, 6.45) is 10.00. The zero-order chi connectivity index (χ0) is 27.2. The Morgan fingerprint density at radius 3 is 2.44 bits per heavy atom. The molecule has 0 N–H and O–H groups in total. The van der Waals surface area contributed by atoms with Crippen LogP contribution in [0.2, 0.25) is 0 Å². The molecule has 1 aromatic heterocycles. The molecule has 214 valence electrons. The molecule has 9 nitrogen and oxygen atoms in total. The third kappa shape index (κ3) is 6.68. The fraction of sp³-hybridized carbons (Fsp3) is 0.700. The van der Waals surface area contributed by atoms with E-state index in [4.69, 9.17) is 23.5 Å². The highest BCUT2D eigenvalue weighted by Crippen LogP contribution is 2.41. The number of hydrogen-bond acceptors (Lipinski definition) is 9. The maximum atomic E-state index is 12.5. The van der Waals surface area contributed by atoms with E-state index in [-0.39, 0.29) is 23.5 Å². The van der Waals surface area contributed by atoms with Gasteiger partial charge in [-0.3, -0.25) is 9.59 Å². The van der Waals surface area contributed by atoms with Crippen LogP contribution in [-0.2, 0) is 19.1 Å². The molecule has 2 aliphatic carbocycles. The van der Waals surface area contributed by atoms with Gasteiger partial charge in [0, 0.05) is 13.5 Å². The van der Waals surface area contributed by atoms with Crippen molar-refractivity contribution in [3.63, 3.8) is 0 Å². The highest BCUT2D eigenvalue weighted by Gasteiger charge is 2.44. The van der Waals surface area contributed by atoms with E-state index in [1.54, 1.807) is 0 Å². The van der Waals surface area contributed by atoms with Crippen LogP contribution in [0.5, 0.6) is 11.6 Å². The maximum absolute atomic E-state index is 12.5. The van der Waals surface area contributed by atoms with Gasteiger partial charge in [0.25, 0.3) is 5.88 Å². The van der Waals surface area contributed by atoms with Crippen LogP contribution in [0.25, 0.3) is 11.0 Å². The second kappa shape index (κ2) is 12.6. The summed E-state index contributed by atoms with van der Waals surface area (Å²) in [5, 5.41) is 5.01. The van der Waals surface area contributed by atoms with E-state index in [0.29, 0.717) is 36.5 Å². The Balaban J connectivity index is 1.13. The molecular weight excluding hydrogens is 500 g/mol. The van der Waals surface area contributed by atoms with Gasteiger partial charge < -0.3 is 28.4 Å². The Morgan fingerprint density at radius 1 is 1.03 bits per heavy atom. The summed E-state index contributed by atoms with van der Waals surface area (Å²) in [7, 11) is 1.51. The van der Waals surface area contributed by atoms with Gasteiger partial charge in [-0.2, -0.15) is 0 Å². The first kappa shape index (κ1) is 27.7. The van der Waals surface area contributed by atoms with Crippen molar-refractivity contribution >= 4 is 22.9 Å². The van der Waals surface area contributed by atoms with Crippen LogP contribution in [0.1, 0.15) is 71.1 Å². The molecule has 0 atom stereocenters. The quantitative estimate of drug-likeness (QED) is 0.377. The van der Waals surface area contributed by atoms with Crippen molar-refractivity contribution < 1.29 is 33.1 Å². The molecule has 3 aliphatic rings. The number of carbonyl (C=O) groups is 2. The molecule has 1 aromatic carbocycles. The van der Waals surface area contributed by atoms with E-state index in [1.807, 2.05) is 18.2 Å². The second-order valence-corrected chi connectivity index (χ2v) is 11.7. The predicted octanol–water partition coefficient (Wildman–Crippen LogP) is 5.15. The van der Waals surface area contributed by atoms with E-state index in [0.717, 1.165) is 95.0 Å². The smallest absolute Gasteiger partial charge is 0.313 e. The molecule has 1 saturated heterocycles. The van der Waals surface area contributed by atoms with Crippen molar-refractivity contribution in [3.05, 3.63) is 18.2 Å². The zero-order valence-electron chi connectivity index (χ0n) is 23.3. The molecule has 0 unspecified atom stereocenters. The molecule has 0 amide bonds. The number of benzene rings is 1. The molecule has 0 spiro atoms. The third-order valence-electron chi connectivity index (χ3n) is 8.91. The summed E-state index contributed by atoms with van der Waals surface area (Å²) in [6, 6.07) is 5.76. The predicted molar refractivity (Wildman–Crippen MR) is 145 cm³/mol. The minimum atomic E-state index is -0.324. The number of nitrogens with zero attached hydrogens (tertiary/aromatic N) is 2. The van der Waals surface area contributed by atoms with Gasteiger partial charge in [0.05, 0.1) is 31.8 Å². The minimum Gasteiger partial charge on any atom is -0.489 e. The van der Waals surface area contributed by atoms with Gasteiger partial charge in [0.1, 0.15) is 11.1 Å². The van der Waals surface area contributed by atoms with Gasteiger partial charge in [-0.15, -0.1) is 0 Å². The van der Waals surface area contributed by atoms with Crippen LogP contribution in [0.4, 0.5) is 0 Å². The van der Waals surface area contributed by atoms with Crippen LogP contribution < -0.4 is 9.47 Å². The van der Waals surface area contributed by atoms with E-state index < -0.39 is 0 Å². The van der Waals surface area contributed by atoms with Gasteiger partial charge in [-0.25, -0.2) is 0 Å². The molecule has 9 heteroatoms. The summed E-state index contributed by atoms with van der Waals surface area (Å²) in [5.41, 5.74) is 0.334. The van der Waals surface area contributed by atoms with E-state index in [9.17, 15) is 9.59 Å². The first-order chi connectivity index (χ1) is 19.0. The van der Waals surface area contributed by atoms with Gasteiger partial charge in [-0.1, -0.05) is 18.9 Å². The van der Waals surface area contributed by atoms with Crippen LogP contribution in [0.3, 0.4) is 0 Å². The van der Waals surface area contributed by atoms with Gasteiger partial charge in [-0.05, 0) is 93.6 Å². The maximum Gasteiger partial charge on any atom is 0.313 e. The molecule has 0 bridgehead atoms. The van der Waals surface area contributed by atoms with Gasteiger partial charge >= 0.3 is 11.9 Å². The minimum absolute atomic E-state index is 0.0450. The largest absolute Gasteiger partial charge is 0.489 e. The van der Waals surface area contributed by atoms with Gasteiger partial charge in [0.2, 0.25) is 0 Å². The average Bonchev–Trinajstić information content (AvgIpc) is 3.60. The number of hydrogen-bond donors (Lipinski definition) is 0. The number of ether oxygens (including phenoxy) is 4. The first-order valence-corrected chi connectivity index (χ1v) is 14.6. The number of likely N-dealkylation sites (tertiary alicyclic amines) is 1. The van der Waals surface area contributed by atoms with Crippen molar-refractivity contribution in [2.75, 3.05) is 40.0 Å². The molecule has 3 fully saturated rings. The van der Waals surface area contributed by atoms with Crippen LogP contribution in [0.15, 0.2) is 22.7 Å². The molecule has 5 rings (SSSR count). The summed E-state index contributed by atoms with van der Waals surface area (Å²) in [4.78, 5) is 26.1. The van der Waals surface area contributed by atoms with Crippen molar-refractivity contribution in [2.24, 2.45) is 17.3 Å². The normalized spacial score (nSPS) is 23.9.